The van der Waals surface area contributed by atoms with Gasteiger partial charge >= 0.3 is 0 Å². The highest BCUT2D eigenvalue weighted by Gasteiger charge is 2.11. The molecule has 0 heterocycles. The Morgan fingerprint density at radius 3 is 1.80 bits per heavy atom. The van der Waals surface area contributed by atoms with Crippen LogP contribution in [0.25, 0.3) is 0 Å². The Balaban J connectivity index is -0.0000000159. The van der Waals surface area contributed by atoms with Gasteiger partial charge in [0.2, 0.25) is 0 Å². The van der Waals surface area contributed by atoms with Crippen LogP contribution in [0.15, 0.2) is 30.3 Å². The predicted molar refractivity (Wildman–Crippen MR) is 64.2 cm³/mol. The Kier molecular flexibility index (Phi) is 1.80. The first-order valence-electron chi connectivity index (χ1n) is 3.66. The Bertz CT molecular complexity index is 210. The number of hydrogen-bond acceptors (Lipinski definition) is 0. The van der Waals surface area contributed by atoms with Crippen molar-refractivity contribution >= 4 is 0 Å². The van der Waals surface area contributed by atoms with E-state index in [1.807, 2.05) is 0 Å². The maximum atomic E-state index is 2.22. The van der Waals surface area contributed by atoms with E-state index in [0.29, 0.717) is 5.41 Å². The van der Waals surface area contributed by atoms with Crippen LogP contribution in [0, 0.1) is 0 Å². The van der Waals surface area contributed by atoms with E-state index in [4.69, 9.17) is 0 Å². The monoisotopic (exact) mass is 152 g/mol. The van der Waals surface area contributed by atoms with E-state index in [1.54, 1.807) is 0 Å². The average Bonchev–Trinajstić information content (AvgIpc) is 1.88. The van der Waals surface area contributed by atoms with Gasteiger partial charge in [0.1, 0.15) is 0 Å². The fraction of sp³-hybridized carbons (Fsp3) is 0.400. The molecule has 1 aromatic carbocycles. The second-order valence-corrected chi connectivity index (χ2v) is 3.62. The van der Waals surface area contributed by atoms with Crippen LogP contribution in [0.3, 0.4) is 0 Å². The van der Waals surface area contributed by atoms with Gasteiger partial charge in [0.15, 0.2) is 0 Å². The first-order chi connectivity index (χ1) is 4.61. The van der Waals surface area contributed by atoms with Gasteiger partial charge in [-0.15, -0.1) is 0 Å². The molecule has 0 bridgehead atoms. The van der Waals surface area contributed by atoms with Crippen LogP contribution in [0.4, 0.5) is 0 Å². The van der Waals surface area contributed by atoms with Crippen LogP contribution in [0.2, 0.25) is 0 Å². The van der Waals surface area contributed by atoms with E-state index in [2.05, 4.69) is 51.1 Å². The minimum Gasteiger partial charge on any atom is -0.0622 e. The second-order valence-electron chi connectivity index (χ2n) is 3.62. The summed E-state index contributed by atoms with van der Waals surface area (Å²) < 4.78 is 0. The molecule has 0 aliphatic heterocycles. The van der Waals surface area contributed by atoms with Crippen molar-refractivity contribution in [3.63, 3.8) is 0 Å². The smallest absolute Gasteiger partial charge is 0 e. The maximum Gasteiger partial charge on any atom is 0 e. The van der Waals surface area contributed by atoms with Crippen molar-refractivity contribution in [3.8, 4) is 0 Å². The number of benzene rings is 1. The Morgan fingerprint density at radius 1 is 1.00 bits per heavy atom. The molecule has 0 N–H and O–H groups in total. The van der Waals surface area contributed by atoms with Gasteiger partial charge in [-0.3, -0.25) is 0 Å². The van der Waals surface area contributed by atoms with Gasteiger partial charge in [0, 0.05) is 12.8 Å². The molecule has 0 spiro atoms. The molecular formula is C10H32. The SMILES string of the molecule is CC(C)(C)c1ccccc1.[HH].[HH].[HH].[HH].[HH].[HH].[HH].[HH].[HH]. The maximum absolute atomic E-state index is 2.22. The molecule has 72 valence electrons. The summed E-state index contributed by atoms with van der Waals surface area (Å²) in [6.07, 6.45) is 0. The lowest BCUT2D eigenvalue weighted by molar-refractivity contribution is 0.590. The van der Waals surface area contributed by atoms with Crippen LogP contribution in [0.1, 0.15) is 39.2 Å². The molecule has 0 saturated heterocycles. The molecule has 0 amide bonds. The zero-order valence-electron chi connectivity index (χ0n) is 6.89. The molecule has 0 fully saturated rings. The molecular weight excluding hydrogens is 120 g/mol. The van der Waals surface area contributed by atoms with Gasteiger partial charge in [-0.2, -0.15) is 0 Å². The highest BCUT2D eigenvalue weighted by atomic mass is 14.2. The molecule has 0 saturated carbocycles. The van der Waals surface area contributed by atoms with Gasteiger partial charge in [-0.1, -0.05) is 51.1 Å². The van der Waals surface area contributed by atoms with Crippen LogP contribution >= 0.6 is 0 Å². The van der Waals surface area contributed by atoms with E-state index >= 15 is 0 Å². The van der Waals surface area contributed by atoms with E-state index < -0.39 is 0 Å². The molecule has 0 atom stereocenters. The van der Waals surface area contributed by atoms with Crippen molar-refractivity contribution < 1.29 is 12.8 Å². The molecule has 0 aromatic heterocycles. The lowest BCUT2D eigenvalue weighted by Crippen LogP contribution is -2.10. The van der Waals surface area contributed by atoms with E-state index in [0.717, 1.165) is 0 Å². The summed E-state index contributed by atoms with van der Waals surface area (Å²) in [7, 11) is 0. The second kappa shape index (κ2) is 2.45. The molecule has 0 nitrogen and oxygen atoms in total. The quantitative estimate of drug-likeness (QED) is 0.479. The van der Waals surface area contributed by atoms with Crippen LogP contribution in [-0.4, -0.2) is 0 Å². The molecule has 0 unspecified atom stereocenters. The van der Waals surface area contributed by atoms with Crippen molar-refractivity contribution in [2.75, 3.05) is 0 Å². The van der Waals surface area contributed by atoms with Gasteiger partial charge < -0.3 is 0 Å². The summed E-state index contributed by atoms with van der Waals surface area (Å²) in [6.45, 7) is 6.67. The zero-order chi connectivity index (χ0) is 7.61. The third-order valence-electron chi connectivity index (χ3n) is 1.64. The van der Waals surface area contributed by atoms with Gasteiger partial charge in [-0.05, 0) is 11.0 Å². The number of hydrogen-bond donors (Lipinski definition) is 0. The minimum atomic E-state index is 0. The van der Waals surface area contributed by atoms with Crippen LogP contribution in [-0.2, 0) is 5.41 Å². The first-order valence-corrected chi connectivity index (χ1v) is 3.66. The van der Waals surface area contributed by atoms with Crippen molar-refractivity contribution in [3.05, 3.63) is 35.9 Å². The lowest BCUT2D eigenvalue weighted by atomic mass is 9.87. The van der Waals surface area contributed by atoms with Crippen molar-refractivity contribution in [2.45, 2.75) is 26.2 Å². The molecule has 0 heteroatoms. The largest absolute Gasteiger partial charge is 0.0622 e. The molecule has 0 aliphatic rings. The molecule has 10 heavy (non-hydrogen) atoms. The summed E-state index contributed by atoms with van der Waals surface area (Å²) in [5.74, 6) is 0. The summed E-state index contributed by atoms with van der Waals surface area (Å²) in [6, 6.07) is 10.6. The van der Waals surface area contributed by atoms with Gasteiger partial charge in [-0.25, -0.2) is 0 Å². The van der Waals surface area contributed by atoms with Crippen LogP contribution in [0.5, 0.6) is 0 Å². The third kappa shape index (κ3) is 1.60. The number of rotatable bonds is 0. The first kappa shape index (κ1) is 7.33. The van der Waals surface area contributed by atoms with Crippen LogP contribution < -0.4 is 0 Å². The predicted octanol–water partition coefficient (Wildman–Crippen LogP) is 5.20. The normalized spacial score (nSPS) is 11.5. The summed E-state index contributed by atoms with van der Waals surface area (Å²) in [4.78, 5) is 0. The van der Waals surface area contributed by atoms with Gasteiger partial charge in [0.05, 0.1) is 0 Å². The van der Waals surface area contributed by atoms with Crippen molar-refractivity contribution in [1.82, 2.24) is 0 Å². The van der Waals surface area contributed by atoms with Gasteiger partial charge in [0.25, 0.3) is 0 Å². The minimum absolute atomic E-state index is 0. The van der Waals surface area contributed by atoms with E-state index in [9.17, 15) is 0 Å². The Labute approximate surface area is 76.3 Å². The lowest BCUT2D eigenvalue weighted by Gasteiger charge is -2.18. The van der Waals surface area contributed by atoms with Crippen molar-refractivity contribution in [1.29, 1.82) is 0 Å². The Morgan fingerprint density at radius 2 is 1.50 bits per heavy atom. The molecule has 1 rings (SSSR count). The molecule has 1 aromatic rings. The third-order valence-corrected chi connectivity index (χ3v) is 1.64. The topological polar surface area (TPSA) is 0 Å². The molecule has 0 aliphatic carbocycles. The molecule has 0 radical (unpaired) electrons. The summed E-state index contributed by atoms with van der Waals surface area (Å²) in [5, 5.41) is 0. The Hall–Kier alpha value is -0.780. The highest BCUT2D eigenvalue weighted by Crippen LogP contribution is 2.20. The zero-order valence-corrected chi connectivity index (χ0v) is 6.89. The average molecular weight is 152 g/mol. The van der Waals surface area contributed by atoms with E-state index in [1.165, 1.54) is 5.56 Å². The summed E-state index contributed by atoms with van der Waals surface area (Å²) in [5.41, 5.74) is 1.69. The van der Waals surface area contributed by atoms with E-state index in [-0.39, 0.29) is 12.8 Å². The fourth-order valence-electron chi connectivity index (χ4n) is 0.938. The summed E-state index contributed by atoms with van der Waals surface area (Å²) >= 11 is 0. The highest BCUT2D eigenvalue weighted by molar-refractivity contribution is 5.21. The van der Waals surface area contributed by atoms with Crippen molar-refractivity contribution in [2.24, 2.45) is 0 Å². The standard InChI is InChI=1S/C10H14.9H2/c1-10(2,3)9-7-5-4-6-8-9;;;;;;;;;/h4-8H,1-3H3;9*1H. The fourth-order valence-corrected chi connectivity index (χ4v) is 0.938.